The van der Waals surface area contributed by atoms with Crippen LogP contribution in [-0.2, 0) is 0 Å². The Bertz CT molecular complexity index is 884. The number of benzene rings is 2. The van der Waals surface area contributed by atoms with Crippen LogP contribution in [0, 0.1) is 0 Å². The van der Waals surface area contributed by atoms with Gasteiger partial charge in [0, 0.05) is 11.1 Å². The summed E-state index contributed by atoms with van der Waals surface area (Å²) in [7, 11) is 1.63. The lowest BCUT2D eigenvalue weighted by atomic mass is 10.0. The monoisotopic (exact) mass is 365 g/mol. The van der Waals surface area contributed by atoms with Crippen LogP contribution in [0.5, 0.6) is 11.5 Å². The Balaban J connectivity index is 1.87. The second-order valence-corrected chi connectivity index (χ2v) is 6.16. The van der Waals surface area contributed by atoms with Crippen LogP contribution in [0.3, 0.4) is 0 Å². The molecule has 0 spiro atoms. The molecule has 3 rings (SSSR count). The van der Waals surface area contributed by atoms with Gasteiger partial charge in [-0.2, -0.15) is 4.98 Å². The number of phenols is 1. The Labute approximate surface area is 158 Å². The summed E-state index contributed by atoms with van der Waals surface area (Å²) in [5.41, 5.74) is 8.38. The molecule has 6 heteroatoms. The highest BCUT2D eigenvalue weighted by atomic mass is 16.5. The number of unbranched alkanes of at least 4 members (excludes halogenated alkanes) is 1. The number of rotatable bonds is 8. The zero-order chi connectivity index (χ0) is 19.1. The molecule has 140 valence electrons. The van der Waals surface area contributed by atoms with Gasteiger partial charge in [0.15, 0.2) is 0 Å². The molecule has 2 aromatic carbocycles. The van der Waals surface area contributed by atoms with Crippen LogP contribution in [0.15, 0.2) is 53.1 Å². The highest BCUT2D eigenvalue weighted by Crippen LogP contribution is 2.26. The smallest absolute Gasteiger partial charge is 0.254 e. The topological polar surface area (TPSA) is 94.4 Å². The lowest BCUT2D eigenvalue weighted by molar-refractivity contribution is 0.406. The van der Waals surface area contributed by atoms with Crippen molar-refractivity contribution in [3.63, 3.8) is 0 Å². The van der Waals surface area contributed by atoms with Crippen LogP contribution in [0.1, 0.15) is 30.7 Å². The van der Waals surface area contributed by atoms with E-state index in [1.807, 2.05) is 42.5 Å². The van der Waals surface area contributed by atoms with Crippen molar-refractivity contribution in [3.8, 4) is 22.9 Å². The summed E-state index contributed by atoms with van der Waals surface area (Å²) in [5.74, 6) is 2.03. The second kappa shape index (κ2) is 9.00. The van der Waals surface area contributed by atoms with Crippen LogP contribution >= 0.6 is 0 Å². The average molecular weight is 365 g/mol. The maximum atomic E-state index is 9.46. The van der Waals surface area contributed by atoms with E-state index in [2.05, 4.69) is 10.1 Å². The van der Waals surface area contributed by atoms with E-state index in [1.54, 1.807) is 19.2 Å². The summed E-state index contributed by atoms with van der Waals surface area (Å²) < 4.78 is 10.7. The minimum absolute atomic E-state index is 0.233. The van der Waals surface area contributed by atoms with Crippen LogP contribution in [0.4, 0.5) is 0 Å². The highest BCUT2D eigenvalue weighted by molar-refractivity contribution is 5.78. The summed E-state index contributed by atoms with van der Waals surface area (Å²) in [5, 5.41) is 13.6. The zero-order valence-electron chi connectivity index (χ0n) is 15.3. The van der Waals surface area contributed by atoms with Crippen LogP contribution in [0.25, 0.3) is 23.0 Å². The number of aromatic hydroxyl groups is 1. The van der Waals surface area contributed by atoms with Crippen molar-refractivity contribution in [2.45, 2.75) is 19.3 Å². The van der Waals surface area contributed by atoms with Crippen LogP contribution in [-0.4, -0.2) is 28.9 Å². The Kier molecular flexibility index (Phi) is 6.22. The van der Waals surface area contributed by atoms with Gasteiger partial charge in [0.25, 0.3) is 5.89 Å². The summed E-state index contributed by atoms with van der Waals surface area (Å²) >= 11 is 0. The molecular formula is C21H23N3O3. The van der Waals surface area contributed by atoms with E-state index in [-0.39, 0.29) is 5.75 Å². The minimum Gasteiger partial charge on any atom is -0.508 e. The molecule has 0 aliphatic rings. The Morgan fingerprint density at radius 2 is 1.85 bits per heavy atom. The molecule has 0 radical (unpaired) electrons. The van der Waals surface area contributed by atoms with Crippen molar-refractivity contribution in [2.75, 3.05) is 13.7 Å². The molecule has 27 heavy (non-hydrogen) atoms. The fourth-order valence-electron chi connectivity index (χ4n) is 2.68. The van der Waals surface area contributed by atoms with Crippen LogP contribution in [0.2, 0.25) is 0 Å². The van der Waals surface area contributed by atoms with Gasteiger partial charge in [-0.1, -0.05) is 17.3 Å². The molecule has 6 nitrogen and oxygen atoms in total. The molecule has 0 unspecified atom stereocenters. The predicted molar refractivity (Wildman–Crippen MR) is 105 cm³/mol. The van der Waals surface area contributed by atoms with Crippen molar-refractivity contribution >= 4 is 11.6 Å². The van der Waals surface area contributed by atoms with Gasteiger partial charge < -0.3 is 20.1 Å². The first-order valence-electron chi connectivity index (χ1n) is 8.88. The standard InChI is InChI=1S/C21H23N3O3/c1-26-19-11-7-16(8-12-19)20-23-21(27-24-20)17(4-2-3-13-22)14-15-5-9-18(25)10-6-15/h5-12,14,25H,2-4,13,22H2,1H3/b17-14+. The van der Waals surface area contributed by atoms with Crippen LogP contribution < -0.4 is 10.5 Å². The maximum Gasteiger partial charge on any atom is 0.254 e. The third-order valence-corrected chi connectivity index (χ3v) is 4.18. The molecule has 0 bridgehead atoms. The molecule has 0 saturated heterocycles. The van der Waals surface area contributed by atoms with Crippen molar-refractivity contribution in [3.05, 3.63) is 60.0 Å². The summed E-state index contributed by atoms with van der Waals surface area (Å²) in [6.45, 7) is 0.646. The molecule has 0 aliphatic carbocycles. The Morgan fingerprint density at radius 1 is 1.11 bits per heavy atom. The zero-order valence-corrected chi connectivity index (χ0v) is 15.3. The third kappa shape index (κ3) is 4.95. The minimum atomic E-state index is 0.233. The fourth-order valence-corrected chi connectivity index (χ4v) is 2.68. The number of phenolic OH excluding ortho intramolecular Hbond substituents is 1. The summed E-state index contributed by atoms with van der Waals surface area (Å²) in [6.07, 6.45) is 4.64. The lowest BCUT2D eigenvalue weighted by Crippen LogP contribution is -1.98. The molecule has 0 saturated carbocycles. The van der Waals surface area contributed by atoms with Gasteiger partial charge in [-0.25, -0.2) is 0 Å². The van der Waals surface area contributed by atoms with E-state index in [1.165, 1.54) is 0 Å². The largest absolute Gasteiger partial charge is 0.508 e. The van der Waals surface area contributed by atoms with Gasteiger partial charge in [-0.15, -0.1) is 0 Å². The number of aromatic nitrogens is 2. The molecule has 1 heterocycles. The predicted octanol–water partition coefficient (Wildman–Crippen LogP) is 4.12. The number of allylic oxidation sites excluding steroid dienone is 1. The van der Waals surface area contributed by atoms with Gasteiger partial charge in [-0.05, 0) is 73.8 Å². The SMILES string of the molecule is COc1ccc(-c2noc(/C(=C/c3ccc(O)cc3)CCCCN)n2)cc1. The van der Waals surface area contributed by atoms with Gasteiger partial charge >= 0.3 is 0 Å². The number of methoxy groups -OCH3 is 1. The molecule has 3 aromatic rings. The maximum absolute atomic E-state index is 9.46. The highest BCUT2D eigenvalue weighted by Gasteiger charge is 2.13. The molecule has 3 N–H and O–H groups in total. The van der Waals surface area contributed by atoms with Crippen molar-refractivity contribution in [2.24, 2.45) is 5.73 Å². The van der Waals surface area contributed by atoms with E-state index >= 15 is 0 Å². The Hall–Kier alpha value is -3.12. The number of ether oxygens (including phenoxy) is 1. The van der Waals surface area contributed by atoms with E-state index in [4.69, 9.17) is 15.0 Å². The molecule has 0 aliphatic heterocycles. The van der Waals surface area contributed by atoms with E-state index in [0.29, 0.717) is 18.3 Å². The normalized spacial score (nSPS) is 11.6. The molecule has 1 aromatic heterocycles. The average Bonchev–Trinajstić information content (AvgIpc) is 3.19. The van der Waals surface area contributed by atoms with E-state index in [0.717, 1.165) is 41.7 Å². The van der Waals surface area contributed by atoms with Crippen molar-refractivity contribution < 1.29 is 14.4 Å². The van der Waals surface area contributed by atoms with Gasteiger partial charge in [0.2, 0.25) is 5.82 Å². The molecule has 0 amide bonds. The fraction of sp³-hybridized carbons (Fsp3) is 0.238. The quantitative estimate of drug-likeness (QED) is 0.583. The Morgan fingerprint density at radius 3 is 2.52 bits per heavy atom. The molecule has 0 fully saturated rings. The first-order chi connectivity index (χ1) is 13.2. The molecule has 0 atom stereocenters. The summed E-state index contributed by atoms with van der Waals surface area (Å²) in [4.78, 5) is 4.56. The second-order valence-electron chi connectivity index (χ2n) is 6.16. The van der Waals surface area contributed by atoms with Crippen molar-refractivity contribution in [1.82, 2.24) is 10.1 Å². The number of hydrogen-bond donors (Lipinski definition) is 2. The lowest BCUT2D eigenvalue weighted by Gasteiger charge is -2.03. The number of nitrogens with zero attached hydrogens (tertiary/aromatic N) is 2. The first-order valence-corrected chi connectivity index (χ1v) is 8.88. The van der Waals surface area contributed by atoms with Gasteiger partial charge in [-0.3, -0.25) is 0 Å². The first kappa shape index (κ1) is 18.7. The van der Waals surface area contributed by atoms with Gasteiger partial charge in [0.05, 0.1) is 7.11 Å². The summed E-state index contributed by atoms with van der Waals surface area (Å²) in [6, 6.07) is 14.5. The molecular weight excluding hydrogens is 342 g/mol. The number of nitrogens with two attached hydrogens (primary N) is 1. The van der Waals surface area contributed by atoms with Gasteiger partial charge in [0.1, 0.15) is 11.5 Å². The van der Waals surface area contributed by atoms with E-state index < -0.39 is 0 Å². The number of hydrogen-bond acceptors (Lipinski definition) is 6. The van der Waals surface area contributed by atoms with Crippen molar-refractivity contribution in [1.29, 1.82) is 0 Å². The van der Waals surface area contributed by atoms with E-state index in [9.17, 15) is 5.11 Å². The third-order valence-electron chi connectivity index (χ3n) is 4.18.